The second-order valence-electron chi connectivity index (χ2n) is 3.74. The Morgan fingerprint density at radius 1 is 0.778 bits per heavy atom. The fraction of sp³-hybridized carbons (Fsp3) is 0. The van der Waals surface area contributed by atoms with Crippen LogP contribution in [0.4, 0.5) is 22.7 Å². The number of halogens is 2. The number of nitrogens with one attached hydrogen (secondary N) is 1. The van der Waals surface area contributed by atoms with E-state index in [9.17, 15) is 0 Å². The Bertz CT molecular complexity index is 526. The molecule has 2 aromatic rings. The van der Waals surface area contributed by atoms with Crippen LogP contribution in [-0.2, 0) is 0 Å². The third-order valence-electron chi connectivity index (χ3n) is 2.50. The van der Waals surface area contributed by atoms with Crippen LogP contribution in [0.1, 0.15) is 0 Å². The lowest BCUT2D eigenvalue weighted by Crippen LogP contribution is -2.01. The van der Waals surface area contributed by atoms with Gasteiger partial charge in [-0.05, 0) is 36.4 Å². The summed E-state index contributed by atoms with van der Waals surface area (Å²) in [6.07, 6.45) is 0. The van der Waals surface area contributed by atoms with Crippen LogP contribution in [0, 0.1) is 0 Å². The Morgan fingerprint density at radius 3 is 1.67 bits per heavy atom. The van der Waals surface area contributed by atoms with Crippen LogP contribution in [0.25, 0.3) is 0 Å². The number of hydrogen-bond donors (Lipinski definition) is 3. The summed E-state index contributed by atoms with van der Waals surface area (Å²) in [6, 6.07) is 11.7. The molecule has 1 aliphatic rings. The highest BCUT2D eigenvalue weighted by Gasteiger charge is 2.15. The number of rotatable bonds is 0. The highest BCUT2D eigenvalue weighted by atomic mass is 35.5. The van der Waals surface area contributed by atoms with Gasteiger partial charge in [-0.2, -0.15) is 0 Å². The molecule has 0 saturated carbocycles. The van der Waals surface area contributed by atoms with Crippen molar-refractivity contribution < 1.29 is 0 Å². The van der Waals surface area contributed by atoms with Gasteiger partial charge in [-0.1, -0.05) is 11.8 Å². The standard InChI is InChI=1S/C12H11N3S.2ClH/c13-7-1-3-9-11(5-7)16-12-6-8(14)2-4-10(12)15-9;;/h1-6,15H,13-14H2;2*1H. The average Bonchev–Trinajstić information content (AvgIpc) is 2.26. The zero-order chi connectivity index (χ0) is 11.1. The fourth-order valence-electron chi connectivity index (χ4n) is 1.72. The molecule has 18 heavy (non-hydrogen) atoms. The van der Waals surface area contributed by atoms with Gasteiger partial charge in [-0.15, -0.1) is 24.8 Å². The third kappa shape index (κ3) is 2.61. The summed E-state index contributed by atoms with van der Waals surface area (Å²) in [5, 5.41) is 3.36. The van der Waals surface area contributed by atoms with Crippen LogP contribution in [0.3, 0.4) is 0 Å². The molecule has 3 rings (SSSR count). The first-order valence-electron chi connectivity index (χ1n) is 4.96. The van der Waals surface area contributed by atoms with Crippen molar-refractivity contribution in [2.24, 2.45) is 0 Å². The normalized spacial score (nSPS) is 11.1. The van der Waals surface area contributed by atoms with Crippen LogP contribution in [0.5, 0.6) is 0 Å². The summed E-state index contributed by atoms with van der Waals surface area (Å²) in [7, 11) is 0. The van der Waals surface area contributed by atoms with Gasteiger partial charge in [0.1, 0.15) is 0 Å². The third-order valence-corrected chi connectivity index (χ3v) is 3.62. The topological polar surface area (TPSA) is 64.1 Å². The highest BCUT2D eigenvalue weighted by molar-refractivity contribution is 7.99. The molecular weight excluding hydrogens is 289 g/mol. The maximum Gasteiger partial charge on any atom is 0.0527 e. The van der Waals surface area contributed by atoms with E-state index in [0.29, 0.717) is 0 Å². The minimum absolute atomic E-state index is 0. The first-order valence-corrected chi connectivity index (χ1v) is 5.78. The van der Waals surface area contributed by atoms with E-state index in [2.05, 4.69) is 5.32 Å². The minimum atomic E-state index is 0. The summed E-state index contributed by atoms with van der Waals surface area (Å²) in [5.74, 6) is 0. The van der Waals surface area contributed by atoms with Gasteiger partial charge in [0, 0.05) is 21.2 Å². The van der Waals surface area contributed by atoms with Gasteiger partial charge >= 0.3 is 0 Å². The van der Waals surface area contributed by atoms with Gasteiger partial charge in [-0.25, -0.2) is 0 Å². The quantitative estimate of drug-likeness (QED) is 0.551. The Hall–Kier alpha value is -1.23. The Morgan fingerprint density at radius 2 is 1.22 bits per heavy atom. The molecule has 5 N–H and O–H groups in total. The van der Waals surface area contributed by atoms with E-state index in [4.69, 9.17) is 11.5 Å². The lowest BCUT2D eigenvalue weighted by molar-refractivity contribution is 1.32. The Labute approximate surface area is 122 Å². The molecule has 0 aliphatic carbocycles. The SMILES string of the molecule is Cl.Cl.Nc1ccc2c(c1)Sc1cc(N)ccc1N2. The molecule has 6 heteroatoms. The van der Waals surface area contributed by atoms with Crippen molar-refractivity contribution in [2.75, 3.05) is 16.8 Å². The average molecular weight is 302 g/mol. The molecule has 0 fully saturated rings. The zero-order valence-electron chi connectivity index (χ0n) is 9.34. The van der Waals surface area contributed by atoms with Gasteiger partial charge in [0.2, 0.25) is 0 Å². The van der Waals surface area contributed by atoms with Crippen LogP contribution in [-0.4, -0.2) is 0 Å². The molecule has 0 amide bonds. The van der Waals surface area contributed by atoms with Crippen LogP contribution in [0.15, 0.2) is 46.2 Å². The van der Waals surface area contributed by atoms with E-state index in [1.165, 1.54) is 0 Å². The van der Waals surface area contributed by atoms with Crippen molar-refractivity contribution in [3.8, 4) is 0 Å². The van der Waals surface area contributed by atoms with E-state index in [0.717, 1.165) is 32.5 Å². The first kappa shape index (κ1) is 14.8. The maximum absolute atomic E-state index is 5.77. The molecular formula is C12H13Cl2N3S. The lowest BCUT2D eigenvalue weighted by atomic mass is 10.2. The minimum Gasteiger partial charge on any atom is -0.399 e. The van der Waals surface area contributed by atoms with Gasteiger partial charge < -0.3 is 16.8 Å². The molecule has 0 aromatic heterocycles. The predicted molar refractivity (Wildman–Crippen MR) is 83.6 cm³/mol. The van der Waals surface area contributed by atoms with Crippen molar-refractivity contribution in [2.45, 2.75) is 9.79 Å². The number of anilines is 4. The van der Waals surface area contributed by atoms with E-state index < -0.39 is 0 Å². The molecule has 3 nitrogen and oxygen atoms in total. The summed E-state index contributed by atoms with van der Waals surface area (Å²) in [6.45, 7) is 0. The summed E-state index contributed by atoms with van der Waals surface area (Å²) < 4.78 is 0. The predicted octanol–water partition coefficient (Wildman–Crippen LogP) is 3.90. The van der Waals surface area contributed by atoms with Gasteiger partial charge in [0.25, 0.3) is 0 Å². The molecule has 0 saturated heterocycles. The van der Waals surface area contributed by atoms with E-state index in [1.807, 2.05) is 36.4 Å². The molecule has 0 radical (unpaired) electrons. The Balaban J connectivity index is 0.000000810. The van der Waals surface area contributed by atoms with Crippen LogP contribution < -0.4 is 16.8 Å². The summed E-state index contributed by atoms with van der Waals surface area (Å²) in [5.41, 5.74) is 15.3. The van der Waals surface area contributed by atoms with E-state index in [1.54, 1.807) is 11.8 Å². The smallest absolute Gasteiger partial charge is 0.0527 e. The number of nitrogens with two attached hydrogens (primary N) is 2. The fourth-order valence-corrected chi connectivity index (χ4v) is 2.80. The molecule has 0 unspecified atom stereocenters. The van der Waals surface area contributed by atoms with Crippen molar-refractivity contribution in [3.63, 3.8) is 0 Å². The summed E-state index contributed by atoms with van der Waals surface area (Å²) >= 11 is 1.69. The monoisotopic (exact) mass is 301 g/mol. The van der Waals surface area contributed by atoms with Gasteiger partial charge in [0.05, 0.1) is 11.4 Å². The van der Waals surface area contributed by atoms with E-state index >= 15 is 0 Å². The largest absolute Gasteiger partial charge is 0.399 e. The van der Waals surface area contributed by atoms with Crippen molar-refractivity contribution in [1.82, 2.24) is 0 Å². The highest BCUT2D eigenvalue weighted by Crippen LogP contribution is 2.45. The van der Waals surface area contributed by atoms with E-state index in [-0.39, 0.29) is 24.8 Å². The van der Waals surface area contributed by atoms with Gasteiger partial charge in [0.15, 0.2) is 0 Å². The molecule has 0 spiro atoms. The second-order valence-corrected chi connectivity index (χ2v) is 4.82. The number of hydrogen-bond acceptors (Lipinski definition) is 4. The summed E-state index contributed by atoms with van der Waals surface area (Å²) in [4.78, 5) is 2.27. The molecule has 1 heterocycles. The molecule has 96 valence electrons. The maximum atomic E-state index is 5.77. The number of benzene rings is 2. The zero-order valence-corrected chi connectivity index (χ0v) is 11.8. The van der Waals surface area contributed by atoms with Gasteiger partial charge in [-0.3, -0.25) is 0 Å². The molecule has 2 aromatic carbocycles. The number of nitrogen functional groups attached to an aromatic ring is 2. The van der Waals surface area contributed by atoms with Crippen LogP contribution >= 0.6 is 36.6 Å². The lowest BCUT2D eigenvalue weighted by Gasteiger charge is -2.21. The van der Waals surface area contributed by atoms with Crippen molar-refractivity contribution >= 4 is 59.3 Å². The second kappa shape index (κ2) is 5.61. The molecule has 0 atom stereocenters. The van der Waals surface area contributed by atoms with Crippen molar-refractivity contribution in [1.29, 1.82) is 0 Å². The number of fused-ring (bicyclic) bond motifs is 2. The first-order chi connectivity index (χ1) is 7.72. The van der Waals surface area contributed by atoms with Crippen molar-refractivity contribution in [3.05, 3.63) is 36.4 Å². The Kier molecular flexibility index (Phi) is 4.62. The molecule has 1 aliphatic heterocycles. The van der Waals surface area contributed by atoms with Crippen LogP contribution in [0.2, 0.25) is 0 Å². The molecule has 0 bridgehead atoms.